The van der Waals surface area contributed by atoms with Crippen LogP contribution in [-0.4, -0.2) is 29.9 Å². The van der Waals surface area contributed by atoms with Gasteiger partial charge in [-0.15, -0.1) is 0 Å². The van der Waals surface area contributed by atoms with Gasteiger partial charge in [-0.3, -0.25) is 14.5 Å². The molecule has 5 heteroatoms. The van der Waals surface area contributed by atoms with Gasteiger partial charge in [0.15, 0.2) is 0 Å². The molecular weight excluding hydrogens is 412 g/mol. The highest BCUT2D eigenvalue weighted by molar-refractivity contribution is 6.36. The summed E-state index contributed by atoms with van der Waals surface area (Å²) in [5.74, 6) is 0.150. The van der Waals surface area contributed by atoms with Crippen molar-refractivity contribution in [2.75, 3.05) is 18.5 Å². The van der Waals surface area contributed by atoms with Crippen LogP contribution in [0.15, 0.2) is 84.6 Å². The fourth-order valence-corrected chi connectivity index (χ4v) is 3.77. The molecule has 0 fully saturated rings. The van der Waals surface area contributed by atoms with Crippen molar-refractivity contribution in [1.29, 1.82) is 0 Å². The molecule has 0 saturated carbocycles. The average molecular weight is 441 g/mol. The van der Waals surface area contributed by atoms with E-state index in [1.54, 1.807) is 0 Å². The SMILES string of the molecule is CCCOc1ccc(C2=C(Nc3ccc(C)cc3)C(=O)N(CCc3ccccc3)C2=O)cc1. The van der Waals surface area contributed by atoms with Crippen LogP contribution in [0.4, 0.5) is 5.69 Å². The van der Waals surface area contributed by atoms with Gasteiger partial charge in [0.05, 0.1) is 12.2 Å². The maximum atomic E-state index is 13.4. The van der Waals surface area contributed by atoms with Crippen molar-refractivity contribution in [2.24, 2.45) is 0 Å². The predicted molar refractivity (Wildman–Crippen MR) is 131 cm³/mol. The molecule has 168 valence electrons. The van der Waals surface area contributed by atoms with E-state index in [9.17, 15) is 9.59 Å². The summed E-state index contributed by atoms with van der Waals surface area (Å²) < 4.78 is 5.67. The minimum Gasteiger partial charge on any atom is -0.494 e. The number of carbonyl (C=O) groups excluding carboxylic acids is 2. The van der Waals surface area contributed by atoms with E-state index in [0.717, 1.165) is 29.0 Å². The number of nitrogens with one attached hydrogen (secondary N) is 1. The zero-order valence-corrected chi connectivity index (χ0v) is 19.0. The lowest BCUT2D eigenvalue weighted by Crippen LogP contribution is -2.34. The molecule has 0 radical (unpaired) electrons. The predicted octanol–water partition coefficient (Wildman–Crippen LogP) is 5.22. The van der Waals surface area contributed by atoms with Gasteiger partial charge in [-0.25, -0.2) is 0 Å². The smallest absolute Gasteiger partial charge is 0.278 e. The van der Waals surface area contributed by atoms with Crippen molar-refractivity contribution in [1.82, 2.24) is 4.90 Å². The molecule has 4 rings (SSSR count). The molecular formula is C28H28N2O3. The molecule has 3 aromatic rings. The van der Waals surface area contributed by atoms with Gasteiger partial charge in [-0.1, -0.05) is 67.1 Å². The van der Waals surface area contributed by atoms with Gasteiger partial charge in [0, 0.05) is 12.2 Å². The Bertz CT molecular complexity index is 1150. The highest BCUT2D eigenvalue weighted by atomic mass is 16.5. The summed E-state index contributed by atoms with van der Waals surface area (Å²) in [7, 11) is 0. The van der Waals surface area contributed by atoms with E-state index in [1.807, 2.05) is 85.8 Å². The van der Waals surface area contributed by atoms with E-state index in [-0.39, 0.29) is 11.8 Å². The highest BCUT2D eigenvalue weighted by Crippen LogP contribution is 2.31. The standard InChI is InChI=1S/C28H28N2O3/c1-3-19-33-24-15-11-22(12-16-24)25-26(29-23-13-9-20(2)10-14-23)28(32)30(27(25)31)18-17-21-7-5-4-6-8-21/h4-16,29H,3,17-19H2,1-2H3. The number of imide groups is 1. The van der Waals surface area contributed by atoms with Gasteiger partial charge in [0.1, 0.15) is 11.4 Å². The Balaban J connectivity index is 1.63. The van der Waals surface area contributed by atoms with E-state index in [1.165, 1.54) is 4.90 Å². The molecule has 3 aromatic carbocycles. The van der Waals surface area contributed by atoms with E-state index in [2.05, 4.69) is 12.2 Å². The fourth-order valence-electron chi connectivity index (χ4n) is 3.77. The lowest BCUT2D eigenvalue weighted by Gasteiger charge is -2.15. The van der Waals surface area contributed by atoms with Gasteiger partial charge in [0.25, 0.3) is 11.8 Å². The van der Waals surface area contributed by atoms with Gasteiger partial charge < -0.3 is 10.1 Å². The van der Waals surface area contributed by atoms with Crippen LogP contribution in [0.3, 0.4) is 0 Å². The zero-order valence-electron chi connectivity index (χ0n) is 19.0. The Kier molecular flexibility index (Phi) is 6.89. The molecule has 1 heterocycles. The van der Waals surface area contributed by atoms with Crippen LogP contribution in [-0.2, 0) is 16.0 Å². The molecule has 1 N–H and O–H groups in total. The number of nitrogens with zero attached hydrogens (tertiary/aromatic N) is 1. The van der Waals surface area contributed by atoms with Gasteiger partial charge in [-0.2, -0.15) is 0 Å². The van der Waals surface area contributed by atoms with Crippen LogP contribution in [0.1, 0.15) is 30.0 Å². The number of rotatable bonds is 9. The zero-order chi connectivity index (χ0) is 23.2. The second-order valence-corrected chi connectivity index (χ2v) is 8.11. The number of carbonyl (C=O) groups is 2. The van der Waals surface area contributed by atoms with E-state index in [4.69, 9.17) is 4.74 Å². The number of hydrogen-bond acceptors (Lipinski definition) is 4. The number of ether oxygens (including phenoxy) is 1. The van der Waals surface area contributed by atoms with Crippen molar-refractivity contribution in [3.8, 4) is 5.75 Å². The summed E-state index contributed by atoms with van der Waals surface area (Å²) >= 11 is 0. The molecule has 0 unspecified atom stereocenters. The number of aryl methyl sites for hydroxylation is 1. The van der Waals surface area contributed by atoms with Gasteiger partial charge in [-0.05, 0) is 55.2 Å². The number of anilines is 1. The van der Waals surface area contributed by atoms with Crippen molar-refractivity contribution in [2.45, 2.75) is 26.7 Å². The molecule has 0 aromatic heterocycles. The van der Waals surface area contributed by atoms with Crippen molar-refractivity contribution in [3.05, 3.63) is 101 Å². The molecule has 1 aliphatic rings. The summed E-state index contributed by atoms with van der Waals surface area (Å²) in [5, 5.41) is 3.21. The Hall–Kier alpha value is -3.86. The molecule has 5 nitrogen and oxygen atoms in total. The van der Waals surface area contributed by atoms with Crippen LogP contribution in [0.5, 0.6) is 5.75 Å². The number of hydrogen-bond donors (Lipinski definition) is 1. The van der Waals surface area contributed by atoms with Crippen LogP contribution in [0, 0.1) is 6.92 Å². The maximum absolute atomic E-state index is 13.4. The largest absolute Gasteiger partial charge is 0.494 e. The summed E-state index contributed by atoms with van der Waals surface area (Å²) in [5.41, 5.74) is 4.35. The first-order valence-electron chi connectivity index (χ1n) is 11.3. The Labute approximate surface area is 194 Å². The minimum absolute atomic E-state index is 0.284. The van der Waals surface area contributed by atoms with Crippen LogP contribution >= 0.6 is 0 Å². The van der Waals surface area contributed by atoms with Crippen LogP contribution < -0.4 is 10.1 Å². The Morgan fingerprint density at radius 3 is 2.21 bits per heavy atom. The van der Waals surface area contributed by atoms with E-state index < -0.39 is 0 Å². The number of amides is 2. The summed E-state index contributed by atoms with van der Waals surface area (Å²) in [6.45, 7) is 5.01. The first kappa shape index (κ1) is 22.3. The molecule has 33 heavy (non-hydrogen) atoms. The summed E-state index contributed by atoms with van der Waals surface area (Å²) in [4.78, 5) is 28.1. The third-order valence-electron chi connectivity index (χ3n) is 5.57. The van der Waals surface area contributed by atoms with E-state index in [0.29, 0.717) is 36.4 Å². The fraction of sp³-hybridized carbons (Fsp3) is 0.214. The quantitative estimate of drug-likeness (QED) is 0.464. The lowest BCUT2D eigenvalue weighted by molar-refractivity contribution is -0.136. The van der Waals surface area contributed by atoms with Crippen LogP contribution in [0.2, 0.25) is 0 Å². The maximum Gasteiger partial charge on any atom is 0.278 e. The molecule has 0 saturated heterocycles. The molecule has 0 bridgehead atoms. The summed E-state index contributed by atoms with van der Waals surface area (Å²) in [6.07, 6.45) is 1.52. The second kappa shape index (κ2) is 10.2. The molecule has 0 spiro atoms. The number of benzene rings is 3. The van der Waals surface area contributed by atoms with Crippen LogP contribution in [0.25, 0.3) is 5.57 Å². The van der Waals surface area contributed by atoms with Gasteiger partial charge in [0.2, 0.25) is 0 Å². The third-order valence-corrected chi connectivity index (χ3v) is 5.57. The minimum atomic E-state index is -0.308. The monoisotopic (exact) mass is 440 g/mol. The van der Waals surface area contributed by atoms with Gasteiger partial charge >= 0.3 is 0 Å². The van der Waals surface area contributed by atoms with Crippen molar-refractivity contribution >= 4 is 23.1 Å². The Morgan fingerprint density at radius 2 is 1.55 bits per heavy atom. The average Bonchev–Trinajstić information content (AvgIpc) is 3.07. The first-order chi connectivity index (χ1) is 16.1. The first-order valence-corrected chi connectivity index (χ1v) is 11.3. The Morgan fingerprint density at radius 1 is 0.848 bits per heavy atom. The molecule has 2 amide bonds. The van der Waals surface area contributed by atoms with E-state index >= 15 is 0 Å². The molecule has 1 aliphatic heterocycles. The topological polar surface area (TPSA) is 58.6 Å². The third kappa shape index (κ3) is 5.14. The van der Waals surface area contributed by atoms with Crippen molar-refractivity contribution < 1.29 is 14.3 Å². The molecule has 0 atom stereocenters. The van der Waals surface area contributed by atoms with Crippen molar-refractivity contribution in [3.63, 3.8) is 0 Å². The molecule has 0 aliphatic carbocycles. The normalized spacial score (nSPS) is 13.6. The highest BCUT2D eigenvalue weighted by Gasteiger charge is 2.38. The summed E-state index contributed by atoms with van der Waals surface area (Å²) in [6, 6.07) is 25.0. The second-order valence-electron chi connectivity index (χ2n) is 8.11. The lowest BCUT2D eigenvalue weighted by atomic mass is 10.0.